The van der Waals surface area contributed by atoms with E-state index in [-0.39, 0.29) is 23.1 Å². The van der Waals surface area contributed by atoms with Crippen LogP contribution in [0.4, 0.5) is 0 Å². The molecular weight excluding hydrogens is 308 g/mol. The van der Waals surface area contributed by atoms with Crippen LogP contribution < -0.4 is 11.2 Å². The van der Waals surface area contributed by atoms with E-state index in [9.17, 15) is 9.59 Å². The Hall–Kier alpha value is -1.86. The van der Waals surface area contributed by atoms with E-state index in [0.29, 0.717) is 24.7 Å². The van der Waals surface area contributed by atoms with Crippen molar-refractivity contribution in [1.29, 1.82) is 5.53 Å². The van der Waals surface area contributed by atoms with E-state index in [4.69, 9.17) is 11.3 Å². The maximum Gasteiger partial charge on any atom is 0.241 e. The van der Waals surface area contributed by atoms with Gasteiger partial charge in [0.1, 0.15) is 0 Å². The van der Waals surface area contributed by atoms with Crippen LogP contribution >= 0.6 is 0 Å². The highest BCUT2D eigenvalue weighted by molar-refractivity contribution is 5.75. The number of nitrogens with two attached hydrogens (primary N) is 1. The van der Waals surface area contributed by atoms with Gasteiger partial charge in [-0.05, 0) is 58.1 Å². The molecule has 2 unspecified atom stereocenters. The van der Waals surface area contributed by atoms with Gasteiger partial charge < -0.3 is 5.73 Å². The van der Waals surface area contributed by atoms with Gasteiger partial charge in [0.25, 0.3) is 0 Å². The van der Waals surface area contributed by atoms with Gasteiger partial charge in [-0.15, -0.1) is 0 Å². The van der Waals surface area contributed by atoms with Crippen LogP contribution in [-0.2, 0) is 9.59 Å². The lowest BCUT2D eigenvalue weighted by atomic mass is 9.75. The van der Waals surface area contributed by atoms with Crippen molar-refractivity contribution >= 4 is 11.8 Å². The fourth-order valence-corrected chi connectivity index (χ4v) is 3.09. The van der Waals surface area contributed by atoms with Crippen molar-refractivity contribution in [2.24, 2.45) is 44.6 Å². The zero-order valence-electron chi connectivity index (χ0n) is 15.5. The third kappa shape index (κ3) is 10.8. The quantitative estimate of drug-likeness (QED) is 0.368. The molecule has 0 aromatic heterocycles. The second-order valence-corrected chi connectivity index (χ2v) is 7.72. The Labute approximate surface area is 144 Å². The molecule has 0 aliphatic heterocycles. The Morgan fingerprint density at radius 1 is 1.21 bits per heavy atom. The molecule has 2 atom stereocenters. The molecule has 2 amide bonds. The van der Waals surface area contributed by atoms with Crippen LogP contribution in [0.3, 0.4) is 0 Å². The zero-order valence-corrected chi connectivity index (χ0v) is 15.5. The van der Waals surface area contributed by atoms with Gasteiger partial charge >= 0.3 is 0 Å². The number of primary amides is 1. The van der Waals surface area contributed by atoms with Crippen molar-refractivity contribution in [3.8, 4) is 0 Å². The maximum absolute atomic E-state index is 11.7. The number of hydrogen-bond donors (Lipinski definition) is 3. The molecule has 0 spiro atoms. The van der Waals surface area contributed by atoms with Crippen molar-refractivity contribution < 1.29 is 9.59 Å². The topological polar surface area (TPSA) is 133 Å². The highest BCUT2D eigenvalue weighted by Gasteiger charge is 2.25. The molecule has 0 fully saturated rings. The zero-order chi connectivity index (χ0) is 18.8. The Morgan fingerprint density at radius 2 is 1.83 bits per heavy atom. The molecule has 8 nitrogen and oxygen atoms in total. The van der Waals surface area contributed by atoms with E-state index in [2.05, 4.69) is 48.8 Å². The van der Waals surface area contributed by atoms with Crippen LogP contribution in [0.2, 0.25) is 0 Å². The van der Waals surface area contributed by atoms with Crippen LogP contribution in [0.25, 0.3) is 0 Å². The molecule has 24 heavy (non-hydrogen) atoms. The minimum absolute atomic E-state index is 0.0719. The molecule has 0 aromatic rings. The number of carbonyl (C=O) groups is 2. The lowest BCUT2D eigenvalue weighted by molar-refractivity contribution is -0.122. The summed E-state index contributed by atoms with van der Waals surface area (Å²) in [6.07, 6.45) is 3.59. The smallest absolute Gasteiger partial charge is 0.241 e. The van der Waals surface area contributed by atoms with Crippen LogP contribution in [0.5, 0.6) is 0 Å². The summed E-state index contributed by atoms with van der Waals surface area (Å²) in [5.41, 5.74) is 14.1. The minimum Gasteiger partial charge on any atom is -0.370 e. The van der Waals surface area contributed by atoms with E-state index in [1.807, 2.05) is 6.92 Å². The first-order valence-electron chi connectivity index (χ1n) is 8.41. The first-order chi connectivity index (χ1) is 11.1. The van der Waals surface area contributed by atoms with E-state index < -0.39 is 0 Å². The Morgan fingerprint density at radius 3 is 2.33 bits per heavy atom. The van der Waals surface area contributed by atoms with Crippen LogP contribution in [0.15, 0.2) is 15.7 Å². The number of rotatable bonds is 12. The molecule has 0 aliphatic carbocycles. The SMILES string of the molecule is CC(CC(=O)NN=NN=N)CC(C)(C)CCC(CC(N)=O)C(C)C. The monoisotopic (exact) mass is 340 g/mol. The molecule has 4 N–H and O–H groups in total. The number of carbonyl (C=O) groups excluding carboxylic acids is 2. The first kappa shape index (κ1) is 22.1. The van der Waals surface area contributed by atoms with Crippen molar-refractivity contribution in [3.63, 3.8) is 0 Å². The molecule has 0 radical (unpaired) electrons. The standard InChI is InChI=1S/C16H32N6O2/c1-11(2)13(9-14(17)23)6-7-16(4,5)10-12(3)8-15(24)19-21-22-20-18/h11-13H,6-10H2,1-5H3,(H2,17,23)(H2,18,19,22,24). The van der Waals surface area contributed by atoms with Gasteiger partial charge in [-0.1, -0.05) is 34.6 Å². The van der Waals surface area contributed by atoms with Crippen molar-refractivity contribution in [2.45, 2.75) is 66.7 Å². The predicted molar refractivity (Wildman–Crippen MR) is 91.7 cm³/mol. The van der Waals surface area contributed by atoms with Gasteiger partial charge in [-0.2, -0.15) is 5.53 Å². The summed E-state index contributed by atoms with van der Waals surface area (Å²) in [6.45, 7) is 10.6. The molecule has 0 heterocycles. The van der Waals surface area contributed by atoms with Gasteiger partial charge in [0.15, 0.2) is 0 Å². The summed E-state index contributed by atoms with van der Waals surface area (Å²) in [4.78, 5) is 22.9. The summed E-state index contributed by atoms with van der Waals surface area (Å²) >= 11 is 0. The molecule has 0 aliphatic rings. The van der Waals surface area contributed by atoms with E-state index in [1.54, 1.807) is 0 Å². The maximum atomic E-state index is 11.7. The normalized spacial score (nSPS) is 14.6. The summed E-state index contributed by atoms with van der Waals surface area (Å²) in [5, 5.41) is 8.99. The van der Waals surface area contributed by atoms with Crippen LogP contribution in [-0.4, -0.2) is 11.8 Å². The van der Waals surface area contributed by atoms with Gasteiger partial charge in [0.2, 0.25) is 11.8 Å². The number of hydrogen-bond acceptors (Lipinski definition) is 4. The minimum atomic E-state index is -0.245. The van der Waals surface area contributed by atoms with Crippen molar-refractivity contribution in [2.75, 3.05) is 0 Å². The van der Waals surface area contributed by atoms with Crippen LogP contribution in [0.1, 0.15) is 66.7 Å². The Balaban J connectivity index is 4.40. The number of nitrogens with one attached hydrogen (secondary N) is 2. The molecule has 0 rings (SSSR count). The molecule has 0 saturated heterocycles. The molecular formula is C16H32N6O2. The van der Waals surface area contributed by atoms with Gasteiger partial charge in [0.05, 0.1) is 0 Å². The molecule has 8 heteroatoms. The lowest BCUT2D eigenvalue weighted by Crippen LogP contribution is -2.25. The second kappa shape index (κ2) is 10.8. The van der Waals surface area contributed by atoms with Crippen LogP contribution in [0, 0.1) is 28.7 Å². The first-order valence-corrected chi connectivity index (χ1v) is 8.41. The Kier molecular flexibility index (Phi) is 9.99. The summed E-state index contributed by atoms with van der Waals surface area (Å²) in [5.74, 6) is 0.431. The molecule has 0 aromatic carbocycles. The average molecular weight is 340 g/mol. The highest BCUT2D eigenvalue weighted by atomic mass is 16.2. The summed E-state index contributed by atoms with van der Waals surface area (Å²) in [6, 6.07) is 0. The van der Waals surface area contributed by atoms with Gasteiger partial charge in [-0.3, -0.25) is 9.59 Å². The Bertz CT molecular complexity index is 448. The van der Waals surface area contributed by atoms with E-state index >= 15 is 0 Å². The van der Waals surface area contributed by atoms with Gasteiger partial charge in [-0.25, -0.2) is 5.43 Å². The molecule has 0 bridgehead atoms. The lowest BCUT2D eigenvalue weighted by Gasteiger charge is -2.30. The fourth-order valence-electron chi connectivity index (χ4n) is 3.09. The second-order valence-electron chi connectivity index (χ2n) is 7.72. The number of nitrogens with zero attached hydrogens (tertiary/aromatic N) is 3. The average Bonchev–Trinajstić information content (AvgIpc) is 2.42. The third-order valence-corrected chi connectivity index (χ3v) is 4.30. The molecule has 0 saturated carbocycles. The predicted octanol–water partition coefficient (Wildman–Crippen LogP) is 3.79. The molecule has 138 valence electrons. The van der Waals surface area contributed by atoms with Gasteiger partial charge in [0, 0.05) is 12.8 Å². The third-order valence-electron chi connectivity index (χ3n) is 4.30. The van der Waals surface area contributed by atoms with E-state index in [0.717, 1.165) is 19.3 Å². The van der Waals surface area contributed by atoms with E-state index in [1.165, 1.54) is 0 Å². The summed E-state index contributed by atoms with van der Waals surface area (Å²) in [7, 11) is 0. The largest absolute Gasteiger partial charge is 0.370 e. The van der Waals surface area contributed by atoms with Crippen molar-refractivity contribution in [3.05, 3.63) is 0 Å². The van der Waals surface area contributed by atoms with Crippen molar-refractivity contribution in [1.82, 2.24) is 5.43 Å². The summed E-state index contributed by atoms with van der Waals surface area (Å²) < 4.78 is 0. The fraction of sp³-hybridized carbons (Fsp3) is 0.875. The number of amides is 2. The highest BCUT2D eigenvalue weighted by Crippen LogP contribution is 2.35.